The average molecular weight is 483 g/mol. The summed E-state index contributed by atoms with van der Waals surface area (Å²) < 4.78 is 0. The van der Waals surface area contributed by atoms with E-state index in [9.17, 15) is 14.4 Å². The molecule has 3 amide bonds. The van der Waals surface area contributed by atoms with Crippen molar-refractivity contribution in [2.24, 2.45) is 0 Å². The molecule has 1 aliphatic rings. The number of hydrogen-bond acceptors (Lipinski definition) is 8. The number of anilines is 2. The Morgan fingerprint density at radius 1 is 1.09 bits per heavy atom. The Labute approximate surface area is 205 Å². The number of nitrogens with zero attached hydrogens (tertiary/aromatic N) is 3. The third kappa shape index (κ3) is 8.51. The summed E-state index contributed by atoms with van der Waals surface area (Å²) in [7, 11) is 0. The molecule has 2 aromatic heterocycles. The highest BCUT2D eigenvalue weighted by atomic mass is 16.2. The zero-order valence-electron chi connectivity index (χ0n) is 20.0. The molecule has 35 heavy (non-hydrogen) atoms. The van der Waals surface area contributed by atoms with E-state index in [4.69, 9.17) is 0 Å². The van der Waals surface area contributed by atoms with E-state index < -0.39 is 0 Å². The highest BCUT2D eigenvalue weighted by molar-refractivity contribution is 5.98. The van der Waals surface area contributed by atoms with Crippen LogP contribution < -0.4 is 26.6 Å². The molecule has 2 atom stereocenters. The second kappa shape index (κ2) is 13.8. The number of nitrogens with one attached hydrogen (secondary N) is 5. The normalized spacial score (nSPS) is 17.2. The molecule has 5 N–H and O–H groups in total. The molecule has 0 saturated heterocycles. The van der Waals surface area contributed by atoms with Crippen LogP contribution in [0.2, 0.25) is 0 Å². The number of hydrogen-bond donors (Lipinski definition) is 5. The van der Waals surface area contributed by atoms with Crippen LogP contribution in [0.1, 0.15) is 54.9 Å². The van der Waals surface area contributed by atoms with Gasteiger partial charge in [0.25, 0.3) is 5.91 Å². The molecule has 2 heterocycles. The maximum atomic E-state index is 13.1. The minimum atomic E-state index is -0.244. The Hall–Kier alpha value is -3.76. The van der Waals surface area contributed by atoms with Gasteiger partial charge in [-0.15, -0.1) is 0 Å². The summed E-state index contributed by atoms with van der Waals surface area (Å²) in [6.07, 6.45) is 10.4. The van der Waals surface area contributed by atoms with Gasteiger partial charge in [0.15, 0.2) is 0 Å². The quantitative estimate of drug-likeness (QED) is 0.268. The van der Waals surface area contributed by atoms with E-state index in [0.717, 1.165) is 37.7 Å². The maximum absolute atomic E-state index is 13.1. The monoisotopic (exact) mass is 482 g/mol. The predicted molar refractivity (Wildman–Crippen MR) is 133 cm³/mol. The van der Waals surface area contributed by atoms with Crippen LogP contribution in [0.3, 0.4) is 0 Å². The number of carbonyl (C=O) groups is 3. The van der Waals surface area contributed by atoms with Crippen LogP contribution in [-0.2, 0) is 16.0 Å². The number of carbonyl (C=O) groups excluding carboxylic acids is 3. The lowest BCUT2D eigenvalue weighted by Crippen LogP contribution is -2.47. The molecule has 0 radical (unpaired) electrons. The van der Waals surface area contributed by atoms with Gasteiger partial charge in [0.2, 0.25) is 18.3 Å². The van der Waals surface area contributed by atoms with Gasteiger partial charge in [-0.2, -0.15) is 4.98 Å². The fraction of sp³-hybridized carbons (Fsp3) is 0.500. The highest BCUT2D eigenvalue weighted by Crippen LogP contribution is 2.20. The molecule has 1 fully saturated rings. The van der Waals surface area contributed by atoms with Crippen LogP contribution in [-0.4, -0.2) is 64.9 Å². The van der Waals surface area contributed by atoms with E-state index in [-0.39, 0.29) is 30.4 Å². The van der Waals surface area contributed by atoms with Crippen molar-refractivity contribution >= 4 is 30.0 Å². The molecule has 2 unspecified atom stereocenters. The molecule has 1 saturated carbocycles. The van der Waals surface area contributed by atoms with E-state index in [1.165, 1.54) is 0 Å². The fourth-order valence-electron chi connectivity index (χ4n) is 4.01. The maximum Gasteiger partial charge on any atom is 0.256 e. The zero-order chi connectivity index (χ0) is 24.9. The molecule has 3 rings (SSSR count). The summed E-state index contributed by atoms with van der Waals surface area (Å²) in [5.41, 5.74) is 1.55. The fourth-order valence-corrected chi connectivity index (χ4v) is 4.01. The summed E-state index contributed by atoms with van der Waals surface area (Å²) in [5.74, 6) is 0.469. The van der Waals surface area contributed by atoms with Gasteiger partial charge >= 0.3 is 0 Å². The SMILES string of the molecule is CCCNc1nc(NCCc2ccncc2)ncc1C(=O)NC1CCCC(NC(=O)CNC=O)C1. The minimum absolute atomic E-state index is 0.0455. The van der Waals surface area contributed by atoms with Crippen molar-refractivity contribution in [2.75, 3.05) is 30.3 Å². The lowest BCUT2D eigenvalue weighted by Gasteiger charge is -2.30. The first-order valence-corrected chi connectivity index (χ1v) is 12.1. The molecule has 11 heteroatoms. The smallest absolute Gasteiger partial charge is 0.256 e. The van der Waals surface area contributed by atoms with E-state index in [0.29, 0.717) is 43.3 Å². The van der Waals surface area contributed by atoms with Crippen molar-refractivity contribution in [2.45, 2.75) is 57.5 Å². The molecule has 188 valence electrons. The molecule has 1 aliphatic carbocycles. The third-order valence-corrected chi connectivity index (χ3v) is 5.74. The van der Waals surface area contributed by atoms with Crippen molar-refractivity contribution in [3.8, 4) is 0 Å². The number of amides is 3. The van der Waals surface area contributed by atoms with Gasteiger partial charge in [0, 0.05) is 43.8 Å². The summed E-state index contributed by atoms with van der Waals surface area (Å²) in [6, 6.07) is 3.81. The first kappa shape index (κ1) is 25.9. The minimum Gasteiger partial charge on any atom is -0.369 e. The lowest BCUT2D eigenvalue weighted by molar-refractivity contribution is -0.122. The van der Waals surface area contributed by atoms with Gasteiger partial charge < -0.3 is 26.6 Å². The summed E-state index contributed by atoms with van der Waals surface area (Å²) >= 11 is 0. The van der Waals surface area contributed by atoms with E-state index in [2.05, 4.69) is 41.5 Å². The Morgan fingerprint density at radius 3 is 2.60 bits per heavy atom. The largest absolute Gasteiger partial charge is 0.369 e. The second-order valence-electron chi connectivity index (χ2n) is 8.52. The van der Waals surface area contributed by atoms with Gasteiger partial charge in [0.1, 0.15) is 11.4 Å². The van der Waals surface area contributed by atoms with Gasteiger partial charge in [0.05, 0.1) is 6.54 Å². The van der Waals surface area contributed by atoms with Crippen LogP contribution in [0, 0.1) is 0 Å². The molecule has 11 nitrogen and oxygen atoms in total. The first-order valence-electron chi connectivity index (χ1n) is 12.1. The molecule has 0 aliphatic heterocycles. The molecule has 2 aromatic rings. The van der Waals surface area contributed by atoms with Gasteiger partial charge in [-0.25, -0.2) is 4.98 Å². The van der Waals surface area contributed by atoms with Gasteiger partial charge in [-0.3, -0.25) is 19.4 Å². The summed E-state index contributed by atoms with van der Waals surface area (Å²) in [4.78, 5) is 48.3. The molecule has 0 spiro atoms. The van der Waals surface area contributed by atoms with Crippen LogP contribution in [0.4, 0.5) is 11.8 Å². The highest BCUT2D eigenvalue weighted by Gasteiger charge is 2.26. The number of aromatic nitrogens is 3. The van der Waals surface area contributed by atoms with E-state index >= 15 is 0 Å². The van der Waals surface area contributed by atoms with Crippen molar-refractivity contribution in [1.82, 2.24) is 30.9 Å². The van der Waals surface area contributed by atoms with E-state index in [1.54, 1.807) is 18.6 Å². The van der Waals surface area contributed by atoms with Crippen LogP contribution in [0.15, 0.2) is 30.7 Å². The first-order chi connectivity index (χ1) is 17.1. The Bertz CT molecular complexity index is 972. The van der Waals surface area contributed by atoms with E-state index in [1.807, 2.05) is 19.1 Å². The van der Waals surface area contributed by atoms with Crippen molar-refractivity contribution in [3.63, 3.8) is 0 Å². The third-order valence-electron chi connectivity index (χ3n) is 5.74. The van der Waals surface area contributed by atoms with Crippen molar-refractivity contribution in [3.05, 3.63) is 41.9 Å². The Morgan fingerprint density at radius 2 is 1.86 bits per heavy atom. The standard InChI is InChI=1S/C24H34N8O3/c1-2-9-27-22-20(14-29-24(32-22)28-12-8-17-6-10-25-11-7-17)23(35)31-19-5-3-4-18(13-19)30-21(34)15-26-16-33/h6-7,10-11,14,16,18-19H,2-5,8-9,12-13,15H2,1H3,(H,26,33)(H,30,34)(H,31,35)(H2,27,28,29,32). The van der Waals surface area contributed by atoms with Crippen molar-refractivity contribution < 1.29 is 14.4 Å². The predicted octanol–water partition coefficient (Wildman–Crippen LogP) is 1.25. The molecular weight excluding hydrogens is 448 g/mol. The van der Waals surface area contributed by atoms with Crippen LogP contribution >= 0.6 is 0 Å². The van der Waals surface area contributed by atoms with Crippen molar-refractivity contribution in [1.29, 1.82) is 0 Å². The summed E-state index contributed by atoms with van der Waals surface area (Å²) in [6.45, 7) is 3.33. The summed E-state index contributed by atoms with van der Waals surface area (Å²) in [5, 5.41) is 14.8. The number of pyridine rings is 1. The Balaban J connectivity index is 1.58. The topological polar surface area (TPSA) is 150 Å². The molecular formula is C24H34N8O3. The van der Waals surface area contributed by atoms with Crippen LogP contribution in [0.5, 0.6) is 0 Å². The van der Waals surface area contributed by atoms with Crippen LogP contribution in [0.25, 0.3) is 0 Å². The second-order valence-corrected chi connectivity index (χ2v) is 8.52. The average Bonchev–Trinajstić information content (AvgIpc) is 2.87. The van der Waals surface area contributed by atoms with Gasteiger partial charge in [-0.05, 0) is 56.2 Å². The molecule has 0 aromatic carbocycles. The number of rotatable bonds is 13. The lowest BCUT2D eigenvalue weighted by atomic mass is 9.90. The Kier molecular flexibility index (Phi) is 10.2. The zero-order valence-corrected chi connectivity index (χ0v) is 20.0. The molecule has 0 bridgehead atoms. The van der Waals surface area contributed by atoms with Gasteiger partial charge in [-0.1, -0.05) is 6.92 Å².